The predicted octanol–water partition coefficient (Wildman–Crippen LogP) is 6.51. The molecule has 0 radical (unpaired) electrons. The number of carboxylic acids is 1. The van der Waals surface area contributed by atoms with Crippen LogP contribution in [0.1, 0.15) is 51.5 Å². The van der Waals surface area contributed by atoms with E-state index in [0.29, 0.717) is 56.3 Å². The molecule has 9 nitrogen and oxygen atoms in total. The Bertz CT molecular complexity index is 1590. The summed E-state index contributed by atoms with van der Waals surface area (Å²) in [6, 6.07) is 3.07. The average molecular weight is 708 g/mol. The third-order valence-electron chi connectivity index (χ3n) is 7.59. The number of aromatic nitrogens is 2. The van der Waals surface area contributed by atoms with Crippen molar-refractivity contribution in [2.24, 2.45) is 0 Å². The molecule has 0 atom stereocenters. The van der Waals surface area contributed by atoms with E-state index in [9.17, 15) is 49.1 Å². The molecule has 0 unspecified atom stereocenters. The van der Waals surface area contributed by atoms with Gasteiger partial charge in [-0.3, -0.25) is 9.59 Å². The van der Waals surface area contributed by atoms with E-state index in [-0.39, 0.29) is 36.2 Å². The Hall–Kier alpha value is -4.61. The molecule has 0 spiro atoms. The summed E-state index contributed by atoms with van der Waals surface area (Å²) < 4.78 is 129. The van der Waals surface area contributed by atoms with Gasteiger partial charge < -0.3 is 24.5 Å². The van der Waals surface area contributed by atoms with Crippen LogP contribution in [0.5, 0.6) is 0 Å². The van der Waals surface area contributed by atoms with Crippen LogP contribution in [0.15, 0.2) is 48.8 Å². The molecule has 1 aliphatic rings. The lowest BCUT2D eigenvalue weighted by atomic mass is 10.0. The lowest BCUT2D eigenvalue weighted by Crippen LogP contribution is -2.36. The van der Waals surface area contributed by atoms with Gasteiger partial charge in [0.05, 0.1) is 54.4 Å². The number of amides is 1. The minimum Gasteiger partial charge on any atom is -0.481 e. The maximum absolute atomic E-state index is 13.9. The van der Waals surface area contributed by atoms with Gasteiger partial charge in [0.15, 0.2) is 0 Å². The van der Waals surface area contributed by atoms with Crippen molar-refractivity contribution in [3.63, 3.8) is 0 Å². The Morgan fingerprint density at radius 2 is 1.41 bits per heavy atom. The number of hydrogen-bond acceptors (Lipinski definition) is 7. The first-order valence-corrected chi connectivity index (χ1v) is 14.8. The fourth-order valence-electron chi connectivity index (χ4n) is 5.11. The molecule has 1 amide bonds. The number of morpholine rings is 1. The molecule has 0 bridgehead atoms. The molecule has 1 saturated heterocycles. The van der Waals surface area contributed by atoms with Crippen LogP contribution >= 0.6 is 0 Å². The molecule has 3 aromatic rings. The van der Waals surface area contributed by atoms with Gasteiger partial charge in [-0.05, 0) is 54.4 Å². The van der Waals surface area contributed by atoms with Gasteiger partial charge in [0.1, 0.15) is 0 Å². The third-order valence-corrected chi connectivity index (χ3v) is 7.59. The molecule has 2 aromatic carbocycles. The number of carbonyl (C=O) groups excluding carboxylic acids is 1. The van der Waals surface area contributed by atoms with Crippen LogP contribution in [-0.2, 0) is 41.1 Å². The van der Waals surface area contributed by atoms with Crippen LogP contribution < -0.4 is 9.80 Å². The zero-order valence-corrected chi connectivity index (χ0v) is 25.8. The smallest absolute Gasteiger partial charge is 0.416 e. The molecule has 1 aromatic heterocycles. The summed E-state index contributed by atoms with van der Waals surface area (Å²) in [5.41, 5.74) is -5.00. The number of halogens is 9. The number of alkyl halides is 9. The zero-order valence-electron chi connectivity index (χ0n) is 25.8. The van der Waals surface area contributed by atoms with Gasteiger partial charge in [-0.15, -0.1) is 0 Å². The van der Waals surface area contributed by atoms with Crippen molar-refractivity contribution in [2.45, 2.75) is 45.0 Å². The first-order chi connectivity index (χ1) is 22.9. The molecule has 1 fully saturated rings. The molecule has 2 heterocycles. The average Bonchev–Trinajstić information content (AvgIpc) is 3.03. The maximum Gasteiger partial charge on any atom is 0.416 e. The summed E-state index contributed by atoms with van der Waals surface area (Å²) in [7, 11) is 0. The van der Waals surface area contributed by atoms with Crippen LogP contribution in [0, 0.1) is 0 Å². The Kier molecular flexibility index (Phi) is 11.3. The van der Waals surface area contributed by atoms with Crippen molar-refractivity contribution < 1.29 is 58.9 Å². The number of anilines is 2. The van der Waals surface area contributed by atoms with Crippen LogP contribution in [0.2, 0.25) is 0 Å². The lowest BCUT2D eigenvalue weighted by Gasteiger charge is -2.29. The SMILES string of the molecule is CCN(CCC(=O)O)C(=O)c1ccc(C(F)(F)F)cc1CN(Cc1cc(C(F)(F)F)cc(C(F)(F)F)c1)c1ncc(N2CCOCC2)cn1. The summed E-state index contributed by atoms with van der Waals surface area (Å²) in [5.74, 6) is -2.34. The fourth-order valence-corrected chi connectivity index (χ4v) is 5.11. The molecule has 0 aliphatic carbocycles. The first-order valence-electron chi connectivity index (χ1n) is 14.8. The second kappa shape index (κ2) is 14.9. The van der Waals surface area contributed by atoms with E-state index in [1.54, 1.807) is 0 Å². The number of carbonyl (C=O) groups is 2. The van der Waals surface area contributed by atoms with E-state index in [4.69, 9.17) is 9.84 Å². The van der Waals surface area contributed by atoms with Crippen LogP contribution in [-0.4, -0.2) is 71.2 Å². The van der Waals surface area contributed by atoms with Crippen molar-refractivity contribution in [3.8, 4) is 0 Å². The normalized spacial score (nSPS) is 14.1. The maximum atomic E-state index is 13.9. The highest BCUT2D eigenvalue weighted by atomic mass is 19.4. The van der Waals surface area contributed by atoms with Crippen molar-refractivity contribution >= 4 is 23.5 Å². The molecular weight excluding hydrogens is 677 g/mol. The van der Waals surface area contributed by atoms with E-state index in [0.717, 1.165) is 15.9 Å². The van der Waals surface area contributed by atoms with Crippen molar-refractivity contribution in [3.05, 3.63) is 82.2 Å². The Balaban J connectivity index is 1.83. The molecule has 1 aliphatic heterocycles. The second-order valence-electron chi connectivity index (χ2n) is 11.0. The Morgan fingerprint density at radius 1 is 0.837 bits per heavy atom. The van der Waals surface area contributed by atoms with Crippen molar-refractivity contribution in [1.82, 2.24) is 14.9 Å². The zero-order chi connectivity index (χ0) is 36.1. The summed E-state index contributed by atoms with van der Waals surface area (Å²) >= 11 is 0. The van der Waals surface area contributed by atoms with E-state index >= 15 is 0 Å². The van der Waals surface area contributed by atoms with Crippen LogP contribution in [0.25, 0.3) is 0 Å². The monoisotopic (exact) mass is 707 g/mol. The third kappa shape index (κ3) is 9.73. The highest BCUT2D eigenvalue weighted by Gasteiger charge is 2.37. The number of benzene rings is 2. The molecule has 0 saturated carbocycles. The molecule has 1 N–H and O–H groups in total. The number of nitrogens with zero attached hydrogens (tertiary/aromatic N) is 5. The molecule has 266 valence electrons. The predicted molar refractivity (Wildman–Crippen MR) is 157 cm³/mol. The van der Waals surface area contributed by atoms with Crippen LogP contribution in [0.3, 0.4) is 0 Å². The number of ether oxygens (including phenoxy) is 1. The van der Waals surface area contributed by atoms with Crippen molar-refractivity contribution in [1.29, 1.82) is 0 Å². The fraction of sp³-hybridized carbons (Fsp3) is 0.419. The van der Waals surface area contributed by atoms with Crippen molar-refractivity contribution in [2.75, 3.05) is 49.2 Å². The minimum atomic E-state index is -5.17. The number of aliphatic carboxylic acids is 1. The van der Waals surface area contributed by atoms with Gasteiger partial charge in [0.2, 0.25) is 5.95 Å². The highest BCUT2D eigenvalue weighted by molar-refractivity contribution is 5.96. The second-order valence-corrected chi connectivity index (χ2v) is 11.0. The molecule has 4 rings (SSSR count). The molecule has 18 heteroatoms. The summed E-state index contributed by atoms with van der Waals surface area (Å²) in [6.07, 6.45) is -13.0. The van der Waals surface area contributed by atoms with E-state index in [2.05, 4.69) is 9.97 Å². The topological polar surface area (TPSA) is 99.1 Å². The number of carboxylic acid groups (broad SMARTS) is 1. The number of hydrogen-bond donors (Lipinski definition) is 1. The minimum absolute atomic E-state index is 0.0210. The Morgan fingerprint density at radius 3 is 1.92 bits per heavy atom. The summed E-state index contributed by atoms with van der Waals surface area (Å²) in [5, 5.41) is 9.08. The van der Waals surface area contributed by atoms with E-state index in [1.165, 1.54) is 19.3 Å². The first kappa shape index (κ1) is 37.2. The molecular formula is C31H30F9N5O4. The highest BCUT2D eigenvalue weighted by Crippen LogP contribution is 2.37. The number of rotatable bonds is 11. The van der Waals surface area contributed by atoms with Gasteiger partial charge in [-0.1, -0.05) is 0 Å². The largest absolute Gasteiger partial charge is 0.481 e. The van der Waals surface area contributed by atoms with Gasteiger partial charge in [-0.25, -0.2) is 9.97 Å². The van der Waals surface area contributed by atoms with Gasteiger partial charge in [0.25, 0.3) is 5.91 Å². The van der Waals surface area contributed by atoms with Gasteiger partial charge >= 0.3 is 24.5 Å². The quantitative estimate of drug-likeness (QED) is 0.225. The molecule has 49 heavy (non-hydrogen) atoms. The van der Waals surface area contributed by atoms with Gasteiger partial charge in [0, 0.05) is 44.8 Å². The summed E-state index contributed by atoms with van der Waals surface area (Å²) in [4.78, 5) is 37.1. The lowest BCUT2D eigenvalue weighted by molar-refractivity contribution is -0.143. The van der Waals surface area contributed by atoms with E-state index < -0.39 is 72.2 Å². The van der Waals surface area contributed by atoms with Crippen LogP contribution in [0.4, 0.5) is 51.1 Å². The Labute approximate surface area is 273 Å². The van der Waals surface area contributed by atoms with E-state index in [1.807, 2.05) is 4.90 Å². The van der Waals surface area contributed by atoms with Gasteiger partial charge in [-0.2, -0.15) is 39.5 Å². The standard InChI is InChI=1S/C31H30F9N5O4/c1-2-43(6-5-26(46)47)27(48)25-4-3-21(29(32,33)34)13-20(25)18-45(28-41-15-24(16-42-28)44-7-9-49-10-8-44)17-19-11-22(30(35,36)37)14-23(12-19)31(38,39)40/h3-4,11-16H,2,5-10,17-18H2,1H3,(H,46,47). The summed E-state index contributed by atoms with van der Waals surface area (Å²) in [6.45, 7) is 1.55.